The number of carbonyl (C=O) groups is 1. The van der Waals surface area contributed by atoms with Crippen LogP contribution in [0.1, 0.15) is 21.5 Å². The summed E-state index contributed by atoms with van der Waals surface area (Å²) in [5, 5.41) is 0.437. The Balaban J connectivity index is 2.26. The predicted octanol–water partition coefficient (Wildman–Crippen LogP) is 4.05. The minimum Gasteiger partial charge on any atom is -0.493 e. The van der Waals surface area contributed by atoms with Gasteiger partial charge >= 0.3 is 0 Å². The van der Waals surface area contributed by atoms with Crippen LogP contribution in [-0.2, 0) is 6.61 Å². The summed E-state index contributed by atoms with van der Waals surface area (Å²) < 4.78 is 10.9. The number of carbonyl (C=O) groups excluding carboxylic acids is 1. The zero-order chi connectivity index (χ0) is 14.5. The van der Waals surface area contributed by atoms with E-state index in [4.69, 9.17) is 21.1 Å². The largest absolute Gasteiger partial charge is 0.493 e. The Labute approximate surface area is 123 Å². The molecule has 0 aliphatic carbocycles. The van der Waals surface area contributed by atoms with Gasteiger partial charge in [0.1, 0.15) is 6.61 Å². The molecule has 0 unspecified atom stereocenters. The van der Waals surface area contributed by atoms with Crippen LogP contribution in [-0.4, -0.2) is 13.4 Å². The van der Waals surface area contributed by atoms with Gasteiger partial charge in [0.15, 0.2) is 17.8 Å². The SMILES string of the molecule is COc1cc(Cl)cc(C=O)c1OCc1cccc(C)c1. The fourth-order valence-corrected chi connectivity index (χ4v) is 2.16. The first-order valence-corrected chi connectivity index (χ1v) is 6.53. The van der Waals surface area contributed by atoms with Crippen LogP contribution >= 0.6 is 11.6 Å². The highest BCUT2D eigenvalue weighted by Crippen LogP contribution is 2.34. The molecular formula is C16H15ClO3. The molecule has 2 aromatic rings. The molecule has 0 saturated heterocycles. The molecule has 0 spiro atoms. The third-order valence-electron chi connectivity index (χ3n) is 2.86. The summed E-state index contributed by atoms with van der Waals surface area (Å²) >= 11 is 5.92. The molecule has 20 heavy (non-hydrogen) atoms. The maximum Gasteiger partial charge on any atom is 0.172 e. The molecule has 0 aromatic heterocycles. The summed E-state index contributed by atoms with van der Waals surface area (Å²) in [7, 11) is 1.51. The lowest BCUT2D eigenvalue weighted by Gasteiger charge is -2.13. The van der Waals surface area contributed by atoms with Gasteiger partial charge in [-0.25, -0.2) is 0 Å². The van der Waals surface area contributed by atoms with Crippen molar-refractivity contribution in [2.24, 2.45) is 0 Å². The van der Waals surface area contributed by atoms with Gasteiger partial charge in [-0.05, 0) is 18.6 Å². The number of hydrogen-bond donors (Lipinski definition) is 0. The van der Waals surface area contributed by atoms with Crippen molar-refractivity contribution in [1.29, 1.82) is 0 Å². The van der Waals surface area contributed by atoms with E-state index < -0.39 is 0 Å². The van der Waals surface area contributed by atoms with Gasteiger partial charge in [0, 0.05) is 11.1 Å². The van der Waals surface area contributed by atoms with Crippen LogP contribution in [0.5, 0.6) is 11.5 Å². The molecule has 2 rings (SSSR count). The lowest BCUT2D eigenvalue weighted by molar-refractivity contribution is 0.111. The topological polar surface area (TPSA) is 35.5 Å². The van der Waals surface area contributed by atoms with Crippen molar-refractivity contribution in [2.45, 2.75) is 13.5 Å². The minimum atomic E-state index is 0.362. The van der Waals surface area contributed by atoms with E-state index in [-0.39, 0.29) is 0 Å². The smallest absolute Gasteiger partial charge is 0.172 e. The Morgan fingerprint density at radius 2 is 2.05 bits per heavy atom. The van der Waals surface area contributed by atoms with Crippen molar-refractivity contribution in [3.63, 3.8) is 0 Å². The molecule has 2 aromatic carbocycles. The first-order valence-electron chi connectivity index (χ1n) is 6.15. The molecule has 0 amide bonds. The van der Waals surface area contributed by atoms with E-state index in [1.807, 2.05) is 31.2 Å². The maximum atomic E-state index is 11.1. The van der Waals surface area contributed by atoms with E-state index in [1.165, 1.54) is 7.11 Å². The third kappa shape index (κ3) is 3.31. The lowest BCUT2D eigenvalue weighted by Crippen LogP contribution is -2.01. The van der Waals surface area contributed by atoms with Gasteiger partial charge in [-0.15, -0.1) is 0 Å². The highest BCUT2D eigenvalue weighted by molar-refractivity contribution is 6.31. The van der Waals surface area contributed by atoms with E-state index in [1.54, 1.807) is 12.1 Å². The van der Waals surface area contributed by atoms with Crippen LogP contribution in [0.3, 0.4) is 0 Å². The minimum absolute atomic E-state index is 0.362. The van der Waals surface area contributed by atoms with Crippen molar-refractivity contribution in [3.8, 4) is 11.5 Å². The molecule has 0 heterocycles. The second-order valence-corrected chi connectivity index (χ2v) is 4.86. The van der Waals surface area contributed by atoms with E-state index in [0.29, 0.717) is 35.0 Å². The van der Waals surface area contributed by atoms with Gasteiger partial charge in [-0.1, -0.05) is 41.4 Å². The fourth-order valence-electron chi connectivity index (χ4n) is 1.94. The highest BCUT2D eigenvalue weighted by atomic mass is 35.5. The predicted molar refractivity (Wildman–Crippen MR) is 78.9 cm³/mol. The summed E-state index contributed by atoms with van der Waals surface area (Å²) in [5.74, 6) is 0.862. The lowest BCUT2D eigenvalue weighted by atomic mass is 10.1. The molecule has 0 aliphatic rings. The standard InChI is InChI=1S/C16H15ClO3/c1-11-4-3-5-12(6-11)10-20-16-13(9-18)7-14(17)8-15(16)19-2/h3-9H,10H2,1-2H3. The molecular weight excluding hydrogens is 276 g/mol. The highest BCUT2D eigenvalue weighted by Gasteiger charge is 2.12. The first-order chi connectivity index (χ1) is 9.63. The molecule has 0 atom stereocenters. The Kier molecular flexibility index (Phi) is 4.64. The summed E-state index contributed by atoms with van der Waals surface area (Å²) in [4.78, 5) is 11.1. The zero-order valence-corrected chi connectivity index (χ0v) is 12.1. The Morgan fingerprint density at radius 3 is 2.70 bits per heavy atom. The van der Waals surface area contributed by atoms with Gasteiger partial charge in [-0.3, -0.25) is 4.79 Å². The maximum absolute atomic E-state index is 11.1. The molecule has 4 heteroatoms. The van der Waals surface area contributed by atoms with Crippen molar-refractivity contribution in [1.82, 2.24) is 0 Å². The fraction of sp³-hybridized carbons (Fsp3) is 0.188. The van der Waals surface area contributed by atoms with Gasteiger partial charge in [0.2, 0.25) is 0 Å². The number of methoxy groups -OCH3 is 1. The summed E-state index contributed by atoms with van der Waals surface area (Å²) in [6.07, 6.45) is 0.708. The second kappa shape index (κ2) is 6.44. The number of hydrogen-bond acceptors (Lipinski definition) is 3. The average molecular weight is 291 g/mol. The van der Waals surface area contributed by atoms with Crippen molar-refractivity contribution in [3.05, 3.63) is 58.1 Å². The van der Waals surface area contributed by atoms with Crippen LogP contribution in [0.2, 0.25) is 5.02 Å². The van der Waals surface area contributed by atoms with Crippen molar-refractivity contribution < 1.29 is 14.3 Å². The van der Waals surface area contributed by atoms with Gasteiger partial charge < -0.3 is 9.47 Å². The van der Waals surface area contributed by atoms with E-state index in [9.17, 15) is 4.79 Å². The Bertz CT molecular complexity index is 623. The van der Waals surface area contributed by atoms with Crippen LogP contribution < -0.4 is 9.47 Å². The molecule has 0 fully saturated rings. The molecule has 0 saturated carbocycles. The summed E-state index contributed by atoms with van der Waals surface area (Å²) in [5.41, 5.74) is 2.56. The number of aldehydes is 1. The van der Waals surface area contributed by atoms with Gasteiger partial charge in [-0.2, -0.15) is 0 Å². The number of aryl methyl sites for hydroxylation is 1. The van der Waals surface area contributed by atoms with Crippen LogP contribution in [0.4, 0.5) is 0 Å². The van der Waals surface area contributed by atoms with Crippen molar-refractivity contribution in [2.75, 3.05) is 7.11 Å². The third-order valence-corrected chi connectivity index (χ3v) is 3.08. The molecule has 0 radical (unpaired) electrons. The number of rotatable bonds is 5. The quantitative estimate of drug-likeness (QED) is 0.779. The molecule has 104 valence electrons. The zero-order valence-electron chi connectivity index (χ0n) is 11.4. The van der Waals surface area contributed by atoms with Gasteiger partial charge in [0.05, 0.1) is 12.7 Å². The normalized spacial score (nSPS) is 10.2. The molecule has 0 aliphatic heterocycles. The summed E-state index contributed by atoms with van der Waals surface area (Å²) in [6, 6.07) is 11.2. The Hall–Kier alpha value is -2.00. The van der Waals surface area contributed by atoms with Crippen LogP contribution in [0.15, 0.2) is 36.4 Å². The first kappa shape index (κ1) is 14.4. The van der Waals surface area contributed by atoms with E-state index in [0.717, 1.165) is 11.1 Å². The monoisotopic (exact) mass is 290 g/mol. The number of halogens is 1. The molecule has 3 nitrogen and oxygen atoms in total. The van der Waals surface area contributed by atoms with Crippen LogP contribution in [0.25, 0.3) is 0 Å². The second-order valence-electron chi connectivity index (χ2n) is 4.42. The summed E-state index contributed by atoms with van der Waals surface area (Å²) in [6.45, 7) is 2.38. The van der Waals surface area contributed by atoms with Crippen molar-refractivity contribution >= 4 is 17.9 Å². The number of benzene rings is 2. The molecule has 0 N–H and O–H groups in total. The Morgan fingerprint density at radius 1 is 1.25 bits per heavy atom. The van der Waals surface area contributed by atoms with E-state index >= 15 is 0 Å². The average Bonchev–Trinajstić information content (AvgIpc) is 2.45. The number of ether oxygens (including phenoxy) is 2. The van der Waals surface area contributed by atoms with Gasteiger partial charge in [0.25, 0.3) is 0 Å². The van der Waals surface area contributed by atoms with Crippen LogP contribution in [0, 0.1) is 6.92 Å². The molecule has 0 bridgehead atoms. The van der Waals surface area contributed by atoms with E-state index in [2.05, 4.69) is 0 Å².